The fourth-order valence-electron chi connectivity index (χ4n) is 3.92. The van der Waals surface area contributed by atoms with Crippen molar-refractivity contribution < 1.29 is 0 Å². The molecule has 0 radical (unpaired) electrons. The third-order valence-corrected chi connectivity index (χ3v) is 5.25. The van der Waals surface area contributed by atoms with Crippen LogP contribution in [0.5, 0.6) is 0 Å². The molecule has 16 heavy (non-hydrogen) atoms. The third kappa shape index (κ3) is 2.80. The van der Waals surface area contributed by atoms with Crippen LogP contribution in [0.25, 0.3) is 0 Å². The summed E-state index contributed by atoms with van der Waals surface area (Å²) in [5, 5.41) is 0. The normalized spacial score (nSPS) is 34.5. The zero-order valence-electron chi connectivity index (χ0n) is 11.1. The standard InChI is InChI=1S/C15H29N/c1-11(2)12-7-9-14(10-8-12)15(16)13-5-3-4-6-13/h11-15H,3-10,16H2,1-2H3. The molecule has 2 saturated carbocycles. The first-order valence-corrected chi connectivity index (χ1v) is 7.44. The number of rotatable bonds is 3. The van der Waals surface area contributed by atoms with Crippen molar-refractivity contribution in [2.45, 2.75) is 71.3 Å². The number of hydrogen-bond donors (Lipinski definition) is 1. The van der Waals surface area contributed by atoms with Gasteiger partial charge in [-0.05, 0) is 62.2 Å². The van der Waals surface area contributed by atoms with Crippen LogP contribution < -0.4 is 5.73 Å². The van der Waals surface area contributed by atoms with E-state index < -0.39 is 0 Å². The Morgan fingerprint density at radius 1 is 0.750 bits per heavy atom. The van der Waals surface area contributed by atoms with Crippen LogP contribution in [0.1, 0.15) is 65.2 Å². The van der Waals surface area contributed by atoms with Gasteiger partial charge < -0.3 is 5.73 Å². The molecule has 0 aliphatic heterocycles. The van der Waals surface area contributed by atoms with Crippen LogP contribution in [-0.4, -0.2) is 6.04 Å². The molecule has 0 amide bonds. The molecule has 2 aliphatic rings. The van der Waals surface area contributed by atoms with E-state index in [1.165, 1.54) is 51.4 Å². The van der Waals surface area contributed by atoms with Gasteiger partial charge in [-0.25, -0.2) is 0 Å². The fraction of sp³-hybridized carbons (Fsp3) is 1.00. The highest BCUT2D eigenvalue weighted by Crippen LogP contribution is 2.38. The van der Waals surface area contributed by atoms with Crippen molar-refractivity contribution in [2.75, 3.05) is 0 Å². The molecular formula is C15H29N. The molecule has 1 nitrogen and oxygen atoms in total. The highest BCUT2D eigenvalue weighted by Gasteiger charge is 2.32. The van der Waals surface area contributed by atoms with Crippen molar-refractivity contribution in [1.82, 2.24) is 0 Å². The maximum atomic E-state index is 6.48. The summed E-state index contributed by atoms with van der Waals surface area (Å²) < 4.78 is 0. The summed E-state index contributed by atoms with van der Waals surface area (Å²) in [6.07, 6.45) is 11.3. The van der Waals surface area contributed by atoms with Gasteiger partial charge >= 0.3 is 0 Å². The monoisotopic (exact) mass is 223 g/mol. The van der Waals surface area contributed by atoms with E-state index in [0.717, 1.165) is 23.7 Å². The Morgan fingerprint density at radius 3 is 1.69 bits per heavy atom. The topological polar surface area (TPSA) is 26.0 Å². The first kappa shape index (κ1) is 12.4. The summed E-state index contributed by atoms with van der Waals surface area (Å²) in [6, 6.07) is 0.524. The lowest BCUT2D eigenvalue weighted by Crippen LogP contribution is -2.38. The van der Waals surface area contributed by atoms with E-state index in [1.54, 1.807) is 0 Å². The van der Waals surface area contributed by atoms with Crippen LogP contribution in [-0.2, 0) is 0 Å². The highest BCUT2D eigenvalue weighted by atomic mass is 14.7. The largest absolute Gasteiger partial charge is 0.327 e. The average Bonchev–Trinajstić information content (AvgIpc) is 2.81. The summed E-state index contributed by atoms with van der Waals surface area (Å²) >= 11 is 0. The van der Waals surface area contributed by atoms with E-state index in [4.69, 9.17) is 5.73 Å². The van der Waals surface area contributed by atoms with Crippen LogP contribution >= 0.6 is 0 Å². The van der Waals surface area contributed by atoms with Gasteiger partial charge in [0.2, 0.25) is 0 Å². The lowest BCUT2D eigenvalue weighted by molar-refractivity contribution is 0.178. The summed E-state index contributed by atoms with van der Waals surface area (Å²) in [7, 11) is 0. The minimum atomic E-state index is 0.524. The molecule has 2 N–H and O–H groups in total. The Morgan fingerprint density at radius 2 is 1.19 bits per heavy atom. The smallest absolute Gasteiger partial charge is 0.00956 e. The zero-order chi connectivity index (χ0) is 11.5. The molecule has 2 rings (SSSR count). The Bertz CT molecular complexity index is 197. The van der Waals surface area contributed by atoms with E-state index >= 15 is 0 Å². The second-order valence-electron chi connectivity index (χ2n) is 6.54. The Kier molecular flexibility index (Phi) is 4.29. The lowest BCUT2D eigenvalue weighted by Gasteiger charge is -2.36. The van der Waals surface area contributed by atoms with Gasteiger partial charge in [-0.3, -0.25) is 0 Å². The van der Waals surface area contributed by atoms with Crippen LogP contribution in [0, 0.1) is 23.7 Å². The highest BCUT2D eigenvalue weighted by molar-refractivity contribution is 4.86. The Balaban J connectivity index is 1.79. The Hall–Kier alpha value is -0.0400. The van der Waals surface area contributed by atoms with Gasteiger partial charge in [0.1, 0.15) is 0 Å². The van der Waals surface area contributed by atoms with Gasteiger partial charge in [0.25, 0.3) is 0 Å². The molecule has 2 fully saturated rings. The molecule has 1 atom stereocenters. The first-order chi connectivity index (χ1) is 7.68. The second kappa shape index (κ2) is 5.53. The van der Waals surface area contributed by atoms with E-state index in [9.17, 15) is 0 Å². The molecule has 0 heterocycles. The van der Waals surface area contributed by atoms with Gasteiger partial charge in [0.05, 0.1) is 0 Å². The first-order valence-electron chi connectivity index (χ1n) is 7.44. The molecule has 0 aromatic rings. The summed E-state index contributed by atoms with van der Waals surface area (Å²) in [6.45, 7) is 4.75. The predicted molar refractivity (Wildman–Crippen MR) is 70.2 cm³/mol. The lowest BCUT2D eigenvalue weighted by atomic mass is 9.72. The molecular weight excluding hydrogens is 194 g/mol. The Labute approximate surface area is 101 Å². The predicted octanol–water partition coefficient (Wildman–Crippen LogP) is 3.97. The van der Waals surface area contributed by atoms with Gasteiger partial charge in [-0.1, -0.05) is 26.7 Å². The molecule has 2 aliphatic carbocycles. The summed E-state index contributed by atoms with van der Waals surface area (Å²) in [4.78, 5) is 0. The maximum Gasteiger partial charge on any atom is 0.00956 e. The van der Waals surface area contributed by atoms with Gasteiger partial charge in [0, 0.05) is 6.04 Å². The van der Waals surface area contributed by atoms with Gasteiger partial charge in [-0.2, -0.15) is 0 Å². The fourth-order valence-corrected chi connectivity index (χ4v) is 3.92. The van der Waals surface area contributed by atoms with Crippen LogP contribution in [0.4, 0.5) is 0 Å². The number of nitrogens with two attached hydrogens (primary N) is 1. The molecule has 0 aromatic heterocycles. The van der Waals surface area contributed by atoms with E-state index in [1.807, 2.05) is 0 Å². The molecule has 1 unspecified atom stereocenters. The third-order valence-electron chi connectivity index (χ3n) is 5.25. The van der Waals surface area contributed by atoms with E-state index in [2.05, 4.69) is 13.8 Å². The van der Waals surface area contributed by atoms with Crippen molar-refractivity contribution in [2.24, 2.45) is 29.4 Å². The van der Waals surface area contributed by atoms with Crippen molar-refractivity contribution in [3.63, 3.8) is 0 Å². The van der Waals surface area contributed by atoms with E-state index in [0.29, 0.717) is 6.04 Å². The van der Waals surface area contributed by atoms with Gasteiger partial charge in [-0.15, -0.1) is 0 Å². The minimum absolute atomic E-state index is 0.524. The van der Waals surface area contributed by atoms with Crippen molar-refractivity contribution >= 4 is 0 Å². The van der Waals surface area contributed by atoms with Crippen molar-refractivity contribution in [3.8, 4) is 0 Å². The van der Waals surface area contributed by atoms with Crippen molar-refractivity contribution in [3.05, 3.63) is 0 Å². The van der Waals surface area contributed by atoms with Crippen molar-refractivity contribution in [1.29, 1.82) is 0 Å². The number of hydrogen-bond acceptors (Lipinski definition) is 1. The molecule has 94 valence electrons. The van der Waals surface area contributed by atoms with Crippen LogP contribution in [0.2, 0.25) is 0 Å². The second-order valence-corrected chi connectivity index (χ2v) is 6.54. The molecule has 0 spiro atoms. The quantitative estimate of drug-likeness (QED) is 0.770. The SMILES string of the molecule is CC(C)C1CCC(C(N)C2CCCC2)CC1. The summed E-state index contributed by atoms with van der Waals surface area (Å²) in [5.74, 6) is 3.56. The molecule has 1 heteroatoms. The van der Waals surface area contributed by atoms with E-state index in [-0.39, 0.29) is 0 Å². The molecule has 0 saturated heterocycles. The van der Waals surface area contributed by atoms with Crippen LogP contribution in [0.15, 0.2) is 0 Å². The maximum absolute atomic E-state index is 6.48. The average molecular weight is 223 g/mol. The molecule has 0 bridgehead atoms. The van der Waals surface area contributed by atoms with Crippen LogP contribution in [0.3, 0.4) is 0 Å². The zero-order valence-corrected chi connectivity index (χ0v) is 11.1. The van der Waals surface area contributed by atoms with Gasteiger partial charge in [0.15, 0.2) is 0 Å². The summed E-state index contributed by atoms with van der Waals surface area (Å²) in [5.41, 5.74) is 6.48. The molecule has 0 aromatic carbocycles. The minimum Gasteiger partial charge on any atom is -0.327 e.